The smallest absolute Gasteiger partial charge is 0.337 e. The zero-order valence-electron chi connectivity index (χ0n) is 14.4. The van der Waals surface area contributed by atoms with E-state index in [1.807, 2.05) is 43.3 Å². The molecule has 0 N–H and O–H groups in total. The second-order valence-corrected chi connectivity index (χ2v) is 6.46. The number of ether oxygens (including phenoxy) is 1. The van der Waals surface area contributed by atoms with E-state index in [0.717, 1.165) is 28.2 Å². The Balaban J connectivity index is 1.91. The lowest BCUT2D eigenvalue weighted by Gasteiger charge is -2.24. The highest BCUT2D eigenvalue weighted by molar-refractivity contribution is 5.89. The van der Waals surface area contributed by atoms with E-state index in [0.29, 0.717) is 12.0 Å². The first kappa shape index (κ1) is 16.9. The van der Waals surface area contributed by atoms with E-state index in [4.69, 9.17) is 4.74 Å². The number of esters is 1. The van der Waals surface area contributed by atoms with Gasteiger partial charge in [0.15, 0.2) is 0 Å². The maximum absolute atomic E-state index is 11.9. The molecule has 0 saturated carbocycles. The van der Waals surface area contributed by atoms with Gasteiger partial charge >= 0.3 is 5.97 Å². The fourth-order valence-corrected chi connectivity index (χ4v) is 3.06. The number of fused-ring (bicyclic) bond motifs is 1. The molecule has 0 amide bonds. The Morgan fingerprint density at radius 3 is 2.32 bits per heavy atom. The number of carbonyl (C=O) groups excluding carboxylic acids is 2. The largest absolute Gasteiger partial charge is 0.465 e. The molecule has 0 spiro atoms. The molecular formula is C22H20O3. The van der Waals surface area contributed by atoms with Gasteiger partial charge in [0, 0.05) is 0 Å². The molecule has 1 unspecified atom stereocenters. The van der Waals surface area contributed by atoms with Crippen molar-refractivity contribution in [2.75, 3.05) is 7.11 Å². The Morgan fingerprint density at radius 1 is 1.00 bits per heavy atom. The highest BCUT2D eigenvalue weighted by atomic mass is 16.5. The first-order valence-corrected chi connectivity index (χ1v) is 8.18. The number of hydrogen-bond acceptors (Lipinski definition) is 3. The van der Waals surface area contributed by atoms with E-state index < -0.39 is 5.41 Å². The van der Waals surface area contributed by atoms with Crippen LogP contribution in [0.5, 0.6) is 0 Å². The van der Waals surface area contributed by atoms with Crippen molar-refractivity contribution in [1.29, 1.82) is 0 Å². The summed E-state index contributed by atoms with van der Waals surface area (Å²) in [6.45, 7) is 1.94. The Labute approximate surface area is 147 Å². The third-order valence-electron chi connectivity index (χ3n) is 4.62. The first-order valence-electron chi connectivity index (χ1n) is 8.18. The molecule has 0 radical (unpaired) electrons. The lowest BCUT2D eigenvalue weighted by atomic mass is 9.78. The number of carbonyl (C=O) groups is 2. The van der Waals surface area contributed by atoms with Crippen LogP contribution >= 0.6 is 0 Å². The van der Waals surface area contributed by atoms with E-state index in [1.165, 1.54) is 7.11 Å². The lowest BCUT2D eigenvalue weighted by molar-refractivity contribution is -0.112. The molecule has 0 saturated heterocycles. The summed E-state index contributed by atoms with van der Waals surface area (Å²) >= 11 is 0. The zero-order valence-corrected chi connectivity index (χ0v) is 14.4. The molecule has 0 aliphatic carbocycles. The molecule has 3 heteroatoms. The number of hydrogen-bond donors (Lipinski definition) is 0. The van der Waals surface area contributed by atoms with Crippen molar-refractivity contribution in [2.24, 2.45) is 0 Å². The minimum atomic E-state index is -0.628. The third-order valence-corrected chi connectivity index (χ3v) is 4.62. The monoisotopic (exact) mass is 332 g/mol. The Hall–Kier alpha value is -2.94. The van der Waals surface area contributed by atoms with Crippen molar-refractivity contribution in [1.82, 2.24) is 0 Å². The molecular weight excluding hydrogens is 312 g/mol. The van der Waals surface area contributed by atoms with Crippen molar-refractivity contribution in [3.63, 3.8) is 0 Å². The fourth-order valence-electron chi connectivity index (χ4n) is 3.06. The van der Waals surface area contributed by atoms with Crippen molar-refractivity contribution >= 4 is 23.0 Å². The molecule has 3 rings (SSSR count). The molecule has 25 heavy (non-hydrogen) atoms. The molecule has 0 heterocycles. The van der Waals surface area contributed by atoms with Crippen LogP contribution in [0.3, 0.4) is 0 Å². The van der Waals surface area contributed by atoms with E-state index in [9.17, 15) is 9.59 Å². The highest BCUT2D eigenvalue weighted by Gasteiger charge is 2.27. The Bertz CT molecular complexity index is 912. The van der Waals surface area contributed by atoms with Gasteiger partial charge in [0.2, 0.25) is 0 Å². The van der Waals surface area contributed by atoms with Crippen molar-refractivity contribution < 1.29 is 14.3 Å². The summed E-state index contributed by atoms with van der Waals surface area (Å²) in [5.74, 6) is -0.362. The van der Waals surface area contributed by atoms with Crippen LogP contribution in [0, 0.1) is 0 Å². The van der Waals surface area contributed by atoms with Crippen molar-refractivity contribution in [3.8, 4) is 0 Å². The van der Waals surface area contributed by atoms with Crippen molar-refractivity contribution in [2.45, 2.75) is 18.8 Å². The predicted molar refractivity (Wildman–Crippen MR) is 98.8 cm³/mol. The summed E-state index contributed by atoms with van der Waals surface area (Å²) in [4.78, 5) is 23.4. The van der Waals surface area contributed by atoms with Crippen LogP contribution in [0.2, 0.25) is 0 Å². The van der Waals surface area contributed by atoms with Gasteiger partial charge in [-0.15, -0.1) is 0 Å². The van der Waals surface area contributed by atoms with Gasteiger partial charge in [-0.25, -0.2) is 4.79 Å². The molecule has 3 aromatic rings. The molecule has 0 bridgehead atoms. The molecule has 0 aliphatic rings. The third kappa shape index (κ3) is 3.45. The van der Waals surface area contributed by atoms with Crippen LogP contribution in [-0.2, 0) is 21.4 Å². The maximum atomic E-state index is 11.9. The summed E-state index contributed by atoms with van der Waals surface area (Å²) in [5, 5.41) is 2.27. The minimum Gasteiger partial charge on any atom is -0.465 e. The minimum absolute atomic E-state index is 0.362. The van der Waals surface area contributed by atoms with Crippen LogP contribution in [0.15, 0.2) is 66.7 Å². The topological polar surface area (TPSA) is 43.4 Å². The Morgan fingerprint density at radius 2 is 1.68 bits per heavy atom. The highest BCUT2D eigenvalue weighted by Crippen LogP contribution is 2.29. The fraction of sp³-hybridized carbons (Fsp3) is 0.182. The van der Waals surface area contributed by atoms with Crippen LogP contribution in [-0.4, -0.2) is 19.4 Å². The lowest BCUT2D eigenvalue weighted by Crippen LogP contribution is -2.26. The van der Waals surface area contributed by atoms with Gasteiger partial charge in [-0.05, 0) is 47.4 Å². The molecule has 0 aromatic heterocycles. The van der Waals surface area contributed by atoms with Gasteiger partial charge in [0.1, 0.15) is 6.29 Å². The van der Waals surface area contributed by atoms with E-state index in [2.05, 4.69) is 18.2 Å². The van der Waals surface area contributed by atoms with Crippen molar-refractivity contribution in [3.05, 3.63) is 83.4 Å². The van der Waals surface area contributed by atoms with Gasteiger partial charge in [0.05, 0.1) is 18.1 Å². The van der Waals surface area contributed by atoms with Crippen LogP contribution < -0.4 is 0 Å². The number of methoxy groups -OCH3 is 1. The predicted octanol–water partition coefficient (Wildman–Crippen LogP) is 4.33. The second kappa shape index (κ2) is 6.89. The molecule has 3 aromatic carbocycles. The van der Waals surface area contributed by atoms with E-state index in [-0.39, 0.29) is 5.97 Å². The van der Waals surface area contributed by atoms with Gasteiger partial charge in [-0.2, -0.15) is 0 Å². The summed E-state index contributed by atoms with van der Waals surface area (Å²) in [5.41, 5.74) is 1.86. The summed E-state index contributed by atoms with van der Waals surface area (Å²) < 4.78 is 4.71. The second-order valence-electron chi connectivity index (χ2n) is 6.46. The van der Waals surface area contributed by atoms with Crippen LogP contribution in [0.4, 0.5) is 0 Å². The molecule has 1 atom stereocenters. The molecule has 0 fully saturated rings. The van der Waals surface area contributed by atoms with Crippen LogP contribution in [0.1, 0.15) is 28.4 Å². The molecule has 0 aliphatic heterocycles. The summed E-state index contributed by atoms with van der Waals surface area (Å²) in [7, 11) is 1.36. The Kier molecular flexibility index (Phi) is 4.66. The standard InChI is InChI=1S/C22H20O3/c1-22(15-23,14-16-7-9-18(10-8-16)21(24)25-2)20-12-11-17-5-3-4-6-19(17)13-20/h3-13,15H,14H2,1-2H3. The van der Waals surface area contributed by atoms with E-state index >= 15 is 0 Å². The van der Waals surface area contributed by atoms with Crippen LogP contribution in [0.25, 0.3) is 10.8 Å². The summed E-state index contributed by atoms with van der Waals surface area (Å²) in [6, 6.07) is 21.4. The van der Waals surface area contributed by atoms with Gasteiger partial charge in [-0.1, -0.05) is 54.6 Å². The van der Waals surface area contributed by atoms with Gasteiger partial charge in [0.25, 0.3) is 0 Å². The molecule has 126 valence electrons. The maximum Gasteiger partial charge on any atom is 0.337 e. The average Bonchev–Trinajstić information content (AvgIpc) is 2.67. The first-order chi connectivity index (χ1) is 12.1. The number of benzene rings is 3. The van der Waals surface area contributed by atoms with Gasteiger partial charge < -0.3 is 9.53 Å². The summed E-state index contributed by atoms with van der Waals surface area (Å²) in [6.07, 6.45) is 1.57. The average molecular weight is 332 g/mol. The van der Waals surface area contributed by atoms with E-state index in [1.54, 1.807) is 12.1 Å². The normalized spacial score (nSPS) is 13.2. The SMILES string of the molecule is COC(=O)c1ccc(CC(C)(C=O)c2ccc3ccccc3c2)cc1. The number of aldehydes is 1. The van der Waals surface area contributed by atoms with Gasteiger partial charge in [-0.3, -0.25) is 0 Å². The quantitative estimate of drug-likeness (QED) is 0.516. The molecule has 3 nitrogen and oxygen atoms in total. The zero-order chi connectivity index (χ0) is 17.9. The number of rotatable bonds is 5.